The number of allylic oxidation sites excluding steroid dienone is 2. The summed E-state index contributed by atoms with van der Waals surface area (Å²) in [7, 11) is 0. The van der Waals surface area contributed by atoms with Crippen molar-refractivity contribution in [2.45, 2.75) is 32.5 Å². The molecule has 106 valence electrons. The van der Waals surface area contributed by atoms with Gasteiger partial charge < -0.3 is 10.6 Å². The Labute approximate surface area is 108 Å². The highest BCUT2D eigenvalue weighted by Crippen LogP contribution is 2.28. The van der Waals surface area contributed by atoms with Crippen LogP contribution in [0.1, 0.15) is 20.3 Å². The van der Waals surface area contributed by atoms with Crippen LogP contribution in [0.25, 0.3) is 0 Å². The Kier molecular flexibility index (Phi) is 5.14. The quantitative estimate of drug-likeness (QED) is 0.472. The average Bonchev–Trinajstić information content (AvgIpc) is 2.32. The molecule has 0 spiro atoms. The van der Waals surface area contributed by atoms with Gasteiger partial charge in [-0.2, -0.15) is 13.2 Å². The van der Waals surface area contributed by atoms with Crippen molar-refractivity contribution in [3.63, 3.8) is 0 Å². The maximum Gasteiger partial charge on any atom is 0.415 e. The van der Waals surface area contributed by atoms with E-state index < -0.39 is 18.0 Å². The van der Waals surface area contributed by atoms with Gasteiger partial charge in [0.05, 0.1) is 5.70 Å². The summed E-state index contributed by atoms with van der Waals surface area (Å²) < 4.78 is 50.5. The SMILES string of the molecule is C/C=C\N=C(CC)NC1=CNC(C(F)(F)F)C(F)=C1. The fourth-order valence-corrected chi connectivity index (χ4v) is 1.39. The van der Waals surface area contributed by atoms with Gasteiger partial charge in [0.2, 0.25) is 0 Å². The van der Waals surface area contributed by atoms with Crippen LogP contribution in [-0.2, 0) is 0 Å². The molecule has 1 rings (SSSR count). The van der Waals surface area contributed by atoms with Crippen LogP contribution in [-0.4, -0.2) is 18.1 Å². The van der Waals surface area contributed by atoms with Crippen LogP contribution in [0, 0.1) is 0 Å². The molecule has 1 aliphatic rings. The number of nitrogens with one attached hydrogen (secondary N) is 2. The topological polar surface area (TPSA) is 36.4 Å². The molecule has 1 heterocycles. The van der Waals surface area contributed by atoms with E-state index in [0.717, 1.165) is 12.3 Å². The number of dihydropyridines is 1. The number of rotatable bonds is 3. The average molecular weight is 277 g/mol. The van der Waals surface area contributed by atoms with E-state index in [9.17, 15) is 17.6 Å². The molecule has 1 atom stereocenters. The van der Waals surface area contributed by atoms with Crippen molar-refractivity contribution in [1.29, 1.82) is 0 Å². The molecule has 0 saturated heterocycles. The van der Waals surface area contributed by atoms with Gasteiger partial charge in [-0.1, -0.05) is 13.0 Å². The van der Waals surface area contributed by atoms with Crippen molar-refractivity contribution in [3.8, 4) is 0 Å². The fraction of sp³-hybridized carbons (Fsp3) is 0.417. The van der Waals surface area contributed by atoms with E-state index in [2.05, 4.69) is 10.3 Å². The highest BCUT2D eigenvalue weighted by atomic mass is 19.4. The number of aliphatic imine (C=N–C) groups is 1. The highest BCUT2D eigenvalue weighted by Gasteiger charge is 2.43. The standard InChI is InChI=1S/C12H15F4N3/c1-3-5-17-10(4-2)19-8-6-9(13)11(18-7-8)12(14,15)16/h3,5-7,11,18H,4H2,1-2H3,(H,17,19)/b5-3-. The lowest BCUT2D eigenvalue weighted by Crippen LogP contribution is -2.43. The predicted molar refractivity (Wildman–Crippen MR) is 65.9 cm³/mol. The molecule has 0 aromatic rings. The zero-order chi connectivity index (χ0) is 14.5. The molecule has 0 aromatic heterocycles. The Morgan fingerprint density at radius 2 is 2.21 bits per heavy atom. The van der Waals surface area contributed by atoms with Crippen LogP contribution < -0.4 is 10.6 Å². The minimum Gasteiger partial charge on any atom is -0.373 e. The minimum atomic E-state index is -4.66. The van der Waals surface area contributed by atoms with E-state index in [1.165, 1.54) is 0 Å². The van der Waals surface area contributed by atoms with Gasteiger partial charge in [0.1, 0.15) is 11.7 Å². The molecular weight excluding hydrogens is 262 g/mol. The number of nitrogens with zero attached hydrogens (tertiary/aromatic N) is 1. The lowest BCUT2D eigenvalue weighted by atomic mass is 10.1. The lowest BCUT2D eigenvalue weighted by molar-refractivity contribution is -0.148. The first-order valence-electron chi connectivity index (χ1n) is 5.73. The summed E-state index contributed by atoms with van der Waals surface area (Å²) in [6, 6.07) is -2.28. The molecule has 0 fully saturated rings. The molecule has 0 saturated carbocycles. The molecule has 0 aromatic carbocycles. The minimum absolute atomic E-state index is 0.197. The maximum atomic E-state index is 13.3. The smallest absolute Gasteiger partial charge is 0.373 e. The Balaban J connectivity index is 2.77. The van der Waals surface area contributed by atoms with Crippen molar-refractivity contribution in [3.05, 3.63) is 36.1 Å². The van der Waals surface area contributed by atoms with Crippen molar-refractivity contribution in [2.75, 3.05) is 0 Å². The van der Waals surface area contributed by atoms with E-state index in [0.29, 0.717) is 12.3 Å². The summed E-state index contributed by atoms with van der Waals surface area (Å²) in [5.74, 6) is -0.750. The van der Waals surface area contributed by atoms with Crippen LogP contribution >= 0.6 is 0 Å². The molecule has 2 N–H and O–H groups in total. The van der Waals surface area contributed by atoms with Crippen LogP contribution in [0.15, 0.2) is 41.1 Å². The summed E-state index contributed by atoms with van der Waals surface area (Å²) in [5, 5.41) is 4.74. The van der Waals surface area contributed by atoms with Crippen molar-refractivity contribution in [2.24, 2.45) is 4.99 Å². The number of hydrogen-bond acceptors (Lipinski definition) is 2. The molecule has 0 amide bonds. The van der Waals surface area contributed by atoms with E-state index in [4.69, 9.17) is 0 Å². The lowest BCUT2D eigenvalue weighted by Gasteiger charge is -2.23. The Morgan fingerprint density at radius 1 is 1.53 bits per heavy atom. The second-order valence-electron chi connectivity index (χ2n) is 3.81. The summed E-state index contributed by atoms with van der Waals surface area (Å²) in [6.45, 7) is 3.61. The maximum absolute atomic E-state index is 13.3. The second kappa shape index (κ2) is 6.40. The Hall–Kier alpha value is -1.79. The molecule has 0 aliphatic carbocycles. The van der Waals surface area contributed by atoms with Gasteiger partial charge in [0.25, 0.3) is 0 Å². The monoisotopic (exact) mass is 277 g/mol. The number of alkyl halides is 3. The van der Waals surface area contributed by atoms with Crippen LogP contribution in [0.4, 0.5) is 17.6 Å². The summed E-state index contributed by atoms with van der Waals surface area (Å²) >= 11 is 0. The molecular formula is C12H15F4N3. The predicted octanol–water partition coefficient (Wildman–Crippen LogP) is 3.15. The van der Waals surface area contributed by atoms with Gasteiger partial charge in [-0.25, -0.2) is 9.38 Å². The van der Waals surface area contributed by atoms with Gasteiger partial charge >= 0.3 is 6.18 Å². The van der Waals surface area contributed by atoms with Crippen LogP contribution in [0.2, 0.25) is 0 Å². The molecule has 3 nitrogen and oxygen atoms in total. The molecule has 1 aliphatic heterocycles. The third-order valence-corrected chi connectivity index (χ3v) is 2.30. The van der Waals surface area contributed by atoms with Crippen LogP contribution in [0.5, 0.6) is 0 Å². The summed E-state index contributed by atoms with van der Waals surface area (Å²) in [4.78, 5) is 4.03. The zero-order valence-corrected chi connectivity index (χ0v) is 10.6. The largest absolute Gasteiger partial charge is 0.415 e. The van der Waals surface area contributed by atoms with Gasteiger partial charge in [-0.3, -0.25) is 0 Å². The first kappa shape index (κ1) is 15.3. The molecule has 0 bridgehead atoms. The van der Waals surface area contributed by atoms with E-state index >= 15 is 0 Å². The number of amidine groups is 1. The molecule has 0 radical (unpaired) electrons. The van der Waals surface area contributed by atoms with Crippen molar-refractivity contribution in [1.82, 2.24) is 10.6 Å². The van der Waals surface area contributed by atoms with Crippen molar-refractivity contribution < 1.29 is 17.6 Å². The summed E-state index contributed by atoms with van der Waals surface area (Å²) in [5.41, 5.74) is 0.197. The van der Waals surface area contributed by atoms with Crippen LogP contribution in [0.3, 0.4) is 0 Å². The van der Waals surface area contributed by atoms with E-state index in [1.54, 1.807) is 19.2 Å². The third-order valence-electron chi connectivity index (χ3n) is 2.30. The zero-order valence-electron chi connectivity index (χ0n) is 10.6. The van der Waals surface area contributed by atoms with E-state index in [-0.39, 0.29) is 5.70 Å². The Bertz CT molecular complexity index is 433. The number of hydrogen-bond donors (Lipinski definition) is 2. The molecule has 19 heavy (non-hydrogen) atoms. The highest BCUT2D eigenvalue weighted by molar-refractivity contribution is 5.84. The fourth-order valence-electron chi connectivity index (χ4n) is 1.39. The van der Waals surface area contributed by atoms with Crippen molar-refractivity contribution >= 4 is 5.84 Å². The van der Waals surface area contributed by atoms with Gasteiger partial charge in [0, 0.05) is 18.8 Å². The number of halogens is 4. The van der Waals surface area contributed by atoms with Gasteiger partial charge in [0.15, 0.2) is 6.04 Å². The third kappa shape index (κ3) is 4.42. The molecule has 7 heteroatoms. The first-order valence-corrected chi connectivity index (χ1v) is 5.73. The van der Waals surface area contributed by atoms with Gasteiger partial charge in [-0.05, 0) is 13.0 Å². The summed E-state index contributed by atoms with van der Waals surface area (Å²) in [6.07, 6.45) is 1.04. The van der Waals surface area contributed by atoms with E-state index in [1.807, 2.05) is 12.2 Å². The van der Waals surface area contributed by atoms with Gasteiger partial charge in [-0.15, -0.1) is 0 Å². The molecule has 1 unspecified atom stereocenters. The second-order valence-corrected chi connectivity index (χ2v) is 3.81. The normalized spacial score (nSPS) is 20.9. The first-order chi connectivity index (χ1) is 8.88. The Morgan fingerprint density at radius 3 is 2.68 bits per heavy atom.